The maximum Gasteiger partial charge on any atom is 0.218 e. The van der Waals surface area contributed by atoms with Gasteiger partial charge in [-0.1, -0.05) is 12.1 Å². The maximum atomic E-state index is 12.7. The van der Waals surface area contributed by atoms with Crippen LogP contribution in [-0.2, 0) is 11.2 Å². The second-order valence-electron chi connectivity index (χ2n) is 3.93. The Morgan fingerprint density at radius 2 is 2.06 bits per heavy atom. The molecule has 0 saturated heterocycles. The first-order valence-electron chi connectivity index (χ1n) is 4.90. The molecule has 0 spiro atoms. The third-order valence-electron chi connectivity index (χ3n) is 2.17. The van der Waals surface area contributed by atoms with Crippen LogP contribution in [0.5, 0.6) is 0 Å². The summed E-state index contributed by atoms with van der Waals surface area (Å²) in [6, 6.07) is 7.92. The quantitative estimate of drug-likeness (QED) is 0.844. The monoisotopic (exact) mass is 220 g/mol. The molecule has 0 fully saturated rings. The number of nitrogens with zero attached hydrogens (tertiary/aromatic N) is 1. The summed E-state index contributed by atoms with van der Waals surface area (Å²) in [5.41, 5.74) is -0.150. The Morgan fingerprint density at radius 1 is 1.50 bits per heavy atom. The maximum absolute atomic E-state index is 12.7. The standard InChI is InChI=1S/C12H13FN2O/c1-9(16)15-12(2,8-14)7-10-3-5-11(13)6-4-10/h3-6H,7H2,1-2H3,(H,15,16)/t12-/m1/s1. The third-order valence-corrected chi connectivity index (χ3v) is 2.17. The first-order chi connectivity index (χ1) is 7.45. The van der Waals surface area contributed by atoms with E-state index in [1.165, 1.54) is 19.1 Å². The molecule has 0 aliphatic heterocycles. The molecular weight excluding hydrogens is 207 g/mol. The fraction of sp³-hybridized carbons (Fsp3) is 0.333. The number of carbonyl (C=O) groups is 1. The first-order valence-corrected chi connectivity index (χ1v) is 4.90. The van der Waals surface area contributed by atoms with Crippen LogP contribution in [0.2, 0.25) is 0 Å². The number of nitrogens with one attached hydrogen (secondary N) is 1. The van der Waals surface area contributed by atoms with Crippen LogP contribution < -0.4 is 5.32 Å². The van der Waals surface area contributed by atoms with E-state index in [2.05, 4.69) is 5.32 Å². The number of benzene rings is 1. The lowest BCUT2D eigenvalue weighted by Crippen LogP contribution is -2.45. The van der Waals surface area contributed by atoms with Gasteiger partial charge in [0, 0.05) is 13.3 Å². The van der Waals surface area contributed by atoms with E-state index in [9.17, 15) is 9.18 Å². The average molecular weight is 220 g/mol. The van der Waals surface area contributed by atoms with Crippen molar-refractivity contribution in [2.75, 3.05) is 0 Å². The van der Waals surface area contributed by atoms with Crippen LogP contribution in [-0.4, -0.2) is 11.4 Å². The lowest BCUT2D eigenvalue weighted by Gasteiger charge is -2.22. The van der Waals surface area contributed by atoms with Gasteiger partial charge in [-0.25, -0.2) is 4.39 Å². The molecule has 84 valence electrons. The van der Waals surface area contributed by atoms with Crippen molar-refractivity contribution in [1.29, 1.82) is 5.26 Å². The van der Waals surface area contributed by atoms with Gasteiger partial charge in [0.05, 0.1) is 6.07 Å². The Morgan fingerprint density at radius 3 is 2.50 bits per heavy atom. The highest BCUT2D eigenvalue weighted by Gasteiger charge is 2.24. The van der Waals surface area contributed by atoms with Crippen molar-refractivity contribution >= 4 is 5.91 Å². The molecule has 1 N–H and O–H groups in total. The summed E-state index contributed by atoms with van der Waals surface area (Å²) < 4.78 is 12.7. The minimum atomic E-state index is -0.955. The lowest BCUT2D eigenvalue weighted by atomic mass is 9.94. The SMILES string of the molecule is CC(=O)N[C@@](C)(C#N)Cc1ccc(F)cc1. The molecule has 0 heterocycles. The number of nitriles is 1. The van der Waals surface area contributed by atoms with Crippen molar-refractivity contribution in [3.8, 4) is 6.07 Å². The van der Waals surface area contributed by atoms with Crippen molar-refractivity contribution < 1.29 is 9.18 Å². The van der Waals surface area contributed by atoms with Gasteiger partial charge in [0.1, 0.15) is 11.4 Å². The van der Waals surface area contributed by atoms with Crippen molar-refractivity contribution in [1.82, 2.24) is 5.32 Å². The second kappa shape index (κ2) is 4.75. The number of amides is 1. The predicted molar refractivity (Wildman–Crippen MR) is 57.9 cm³/mol. The Balaban J connectivity index is 2.81. The molecule has 1 amide bonds. The van der Waals surface area contributed by atoms with Gasteiger partial charge in [-0.05, 0) is 24.6 Å². The molecule has 1 aromatic carbocycles. The second-order valence-corrected chi connectivity index (χ2v) is 3.93. The molecular formula is C12H13FN2O. The van der Waals surface area contributed by atoms with Gasteiger partial charge in [0.2, 0.25) is 5.91 Å². The summed E-state index contributed by atoms with van der Waals surface area (Å²) >= 11 is 0. The Bertz CT molecular complexity index is 422. The van der Waals surface area contributed by atoms with Gasteiger partial charge in [0.25, 0.3) is 0 Å². The molecule has 1 aromatic rings. The zero-order valence-corrected chi connectivity index (χ0v) is 9.25. The first kappa shape index (κ1) is 12.2. The van der Waals surface area contributed by atoms with Gasteiger partial charge in [0.15, 0.2) is 0 Å². The third kappa shape index (κ3) is 3.35. The van der Waals surface area contributed by atoms with E-state index < -0.39 is 5.54 Å². The number of halogens is 1. The van der Waals surface area contributed by atoms with E-state index in [-0.39, 0.29) is 11.7 Å². The van der Waals surface area contributed by atoms with Crippen molar-refractivity contribution in [2.24, 2.45) is 0 Å². The van der Waals surface area contributed by atoms with Gasteiger partial charge in [-0.15, -0.1) is 0 Å². The van der Waals surface area contributed by atoms with E-state index in [0.717, 1.165) is 5.56 Å². The van der Waals surface area contributed by atoms with Crippen molar-refractivity contribution in [3.63, 3.8) is 0 Å². The fourth-order valence-corrected chi connectivity index (χ4v) is 1.51. The molecule has 1 rings (SSSR count). The normalized spacial score (nSPS) is 13.6. The predicted octanol–water partition coefficient (Wildman–Crippen LogP) is 1.79. The molecule has 1 atom stereocenters. The highest BCUT2D eigenvalue weighted by atomic mass is 19.1. The smallest absolute Gasteiger partial charge is 0.218 e. The molecule has 0 aromatic heterocycles. The molecule has 0 saturated carbocycles. The molecule has 0 bridgehead atoms. The molecule has 0 unspecified atom stereocenters. The highest BCUT2D eigenvalue weighted by molar-refractivity contribution is 5.74. The van der Waals surface area contributed by atoms with E-state index in [1.807, 2.05) is 6.07 Å². The van der Waals surface area contributed by atoms with Crippen LogP contribution in [0, 0.1) is 17.1 Å². The van der Waals surface area contributed by atoms with Gasteiger partial charge in [-0.2, -0.15) is 5.26 Å². The van der Waals surface area contributed by atoms with E-state index in [4.69, 9.17) is 5.26 Å². The summed E-state index contributed by atoms with van der Waals surface area (Å²) in [6.07, 6.45) is 0.351. The summed E-state index contributed by atoms with van der Waals surface area (Å²) in [7, 11) is 0. The number of hydrogen-bond acceptors (Lipinski definition) is 2. The van der Waals surface area contributed by atoms with Crippen LogP contribution in [0.15, 0.2) is 24.3 Å². The van der Waals surface area contributed by atoms with Crippen LogP contribution in [0.25, 0.3) is 0 Å². The van der Waals surface area contributed by atoms with Gasteiger partial charge in [-0.3, -0.25) is 4.79 Å². The van der Waals surface area contributed by atoms with Crippen LogP contribution in [0.1, 0.15) is 19.4 Å². The van der Waals surface area contributed by atoms with Crippen molar-refractivity contribution in [3.05, 3.63) is 35.6 Å². The average Bonchev–Trinajstić information content (AvgIpc) is 2.20. The molecule has 0 aliphatic carbocycles. The largest absolute Gasteiger partial charge is 0.338 e. The van der Waals surface area contributed by atoms with Gasteiger partial charge < -0.3 is 5.32 Å². The summed E-state index contributed by atoms with van der Waals surface area (Å²) in [6.45, 7) is 3.00. The molecule has 3 nitrogen and oxygen atoms in total. The Kier molecular flexibility index (Phi) is 3.62. The highest BCUT2D eigenvalue weighted by Crippen LogP contribution is 2.13. The van der Waals surface area contributed by atoms with Gasteiger partial charge >= 0.3 is 0 Å². The zero-order chi connectivity index (χ0) is 12.2. The number of hydrogen-bond donors (Lipinski definition) is 1. The molecule has 0 radical (unpaired) electrons. The fourth-order valence-electron chi connectivity index (χ4n) is 1.51. The Labute approximate surface area is 93.9 Å². The van der Waals surface area contributed by atoms with E-state index in [1.54, 1.807) is 19.1 Å². The number of carbonyl (C=O) groups excluding carboxylic acids is 1. The van der Waals surface area contributed by atoms with E-state index in [0.29, 0.717) is 6.42 Å². The summed E-state index contributed by atoms with van der Waals surface area (Å²) in [5.74, 6) is -0.576. The minimum absolute atomic E-state index is 0.258. The summed E-state index contributed by atoms with van der Waals surface area (Å²) in [4.78, 5) is 10.9. The van der Waals surface area contributed by atoms with Crippen LogP contribution in [0.4, 0.5) is 4.39 Å². The van der Waals surface area contributed by atoms with Crippen LogP contribution >= 0.6 is 0 Å². The van der Waals surface area contributed by atoms with Crippen molar-refractivity contribution in [2.45, 2.75) is 25.8 Å². The molecule has 4 heteroatoms. The molecule has 16 heavy (non-hydrogen) atoms. The topological polar surface area (TPSA) is 52.9 Å². The number of rotatable bonds is 3. The Hall–Kier alpha value is -1.89. The summed E-state index contributed by atoms with van der Waals surface area (Å²) in [5, 5.41) is 11.6. The molecule has 0 aliphatic rings. The minimum Gasteiger partial charge on any atom is -0.338 e. The van der Waals surface area contributed by atoms with E-state index >= 15 is 0 Å². The van der Waals surface area contributed by atoms with Crippen LogP contribution in [0.3, 0.4) is 0 Å². The zero-order valence-electron chi connectivity index (χ0n) is 9.25. The lowest BCUT2D eigenvalue weighted by molar-refractivity contribution is -0.120.